The Labute approximate surface area is 86.5 Å². The van der Waals surface area contributed by atoms with Crippen LogP contribution < -0.4 is 5.73 Å². The molecule has 1 aromatic heterocycles. The number of nitrogen functional groups attached to an aromatic ring is 1. The Morgan fingerprint density at radius 1 is 0.933 bits per heavy atom. The molecule has 0 bridgehead atoms. The summed E-state index contributed by atoms with van der Waals surface area (Å²) in [5.41, 5.74) is 5.77. The summed E-state index contributed by atoms with van der Waals surface area (Å²) in [6.07, 6.45) is 1.73. The largest absolute Gasteiger partial charge is 0.382 e. The molecule has 72 valence electrons. The van der Waals surface area contributed by atoms with Crippen molar-refractivity contribution >= 4 is 27.4 Å². The fourth-order valence-corrected chi connectivity index (χ4v) is 1.79. The lowest BCUT2D eigenvalue weighted by molar-refractivity contribution is 1.06. The molecule has 3 rings (SSSR count). The van der Waals surface area contributed by atoms with Crippen LogP contribution in [-0.2, 0) is 0 Å². The van der Waals surface area contributed by atoms with Gasteiger partial charge in [-0.25, -0.2) is 0 Å². The van der Waals surface area contributed by atoms with Crippen molar-refractivity contribution in [1.29, 1.82) is 0 Å². The fraction of sp³-hybridized carbons (Fsp3) is 0. The Morgan fingerprint density at radius 3 is 2.47 bits per heavy atom. The first-order valence-electron chi connectivity index (χ1n) is 4.74. The van der Waals surface area contributed by atoms with Gasteiger partial charge in [-0.1, -0.05) is 24.3 Å². The van der Waals surface area contributed by atoms with Crippen LogP contribution in [0.15, 0.2) is 42.6 Å². The van der Waals surface area contributed by atoms with E-state index in [1.54, 1.807) is 6.20 Å². The van der Waals surface area contributed by atoms with Gasteiger partial charge in [0.05, 0.1) is 6.20 Å². The number of rotatable bonds is 0. The maximum Gasteiger partial charge on any atom is 0.153 e. The smallest absolute Gasteiger partial charge is 0.153 e. The SMILES string of the molecule is Nc1nncc2cc3ccccc3cc12. The molecule has 1 heterocycles. The zero-order valence-corrected chi connectivity index (χ0v) is 8.01. The molecular weight excluding hydrogens is 186 g/mol. The first-order valence-corrected chi connectivity index (χ1v) is 4.74. The molecule has 0 fully saturated rings. The Hall–Kier alpha value is -2.16. The highest BCUT2D eigenvalue weighted by Gasteiger charge is 2.01. The van der Waals surface area contributed by atoms with E-state index >= 15 is 0 Å². The third-order valence-corrected chi connectivity index (χ3v) is 2.56. The molecule has 0 aliphatic rings. The summed E-state index contributed by atoms with van der Waals surface area (Å²) in [4.78, 5) is 0. The quantitative estimate of drug-likeness (QED) is 0.560. The van der Waals surface area contributed by atoms with Crippen molar-refractivity contribution in [1.82, 2.24) is 10.2 Å². The Kier molecular flexibility index (Phi) is 1.59. The lowest BCUT2D eigenvalue weighted by Crippen LogP contribution is -1.93. The van der Waals surface area contributed by atoms with Gasteiger partial charge in [0.15, 0.2) is 5.82 Å². The van der Waals surface area contributed by atoms with Crippen molar-refractivity contribution in [3.05, 3.63) is 42.6 Å². The zero-order chi connectivity index (χ0) is 10.3. The van der Waals surface area contributed by atoms with E-state index in [0.29, 0.717) is 5.82 Å². The molecule has 2 N–H and O–H groups in total. The van der Waals surface area contributed by atoms with Crippen LogP contribution in [0.3, 0.4) is 0 Å². The van der Waals surface area contributed by atoms with Crippen LogP contribution in [0.25, 0.3) is 21.5 Å². The summed E-state index contributed by atoms with van der Waals surface area (Å²) in [7, 11) is 0. The van der Waals surface area contributed by atoms with Gasteiger partial charge in [-0.05, 0) is 22.9 Å². The van der Waals surface area contributed by atoms with Crippen LogP contribution in [0.5, 0.6) is 0 Å². The van der Waals surface area contributed by atoms with Crippen LogP contribution in [0.2, 0.25) is 0 Å². The third kappa shape index (κ3) is 1.21. The summed E-state index contributed by atoms with van der Waals surface area (Å²) in [6.45, 7) is 0. The van der Waals surface area contributed by atoms with Gasteiger partial charge >= 0.3 is 0 Å². The average molecular weight is 195 g/mol. The molecule has 0 radical (unpaired) electrons. The van der Waals surface area contributed by atoms with E-state index in [0.717, 1.165) is 10.8 Å². The molecule has 0 saturated carbocycles. The van der Waals surface area contributed by atoms with E-state index < -0.39 is 0 Å². The molecular formula is C12H9N3. The number of fused-ring (bicyclic) bond motifs is 2. The van der Waals surface area contributed by atoms with Crippen molar-refractivity contribution in [2.24, 2.45) is 0 Å². The molecule has 3 heteroatoms. The minimum Gasteiger partial charge on any atom is -0.382 e. The average Bonchev–Trinajstić information content (AvgIpc) is 2.27. The minimum absolute atomic E-state index is 0.484. The monoisotopic (exact) mass is 195 g/mol. The molecule has 0 aliphatic carbocycles. The van der Waals surface area contributed by atoms with Crippen molar-refractivity contribution in [2.45, 2.75) is 0 Å². The molecule has 0 atom stereocenters. The van der Waals surface area contributed by atoms with Crippen LogP contribution in [0.4, 0.5) is 5.82 Å². The third-order valence-electron chi connectivity index (χ3n) is 2.56. The summed E-state index contributed by atoms with van der Waals surface area (Å²) in [6, 6.07) is 12.3. The van der Waals surface area contributed by atoms with Gasteiger partial charge in [-0.15, -0.1) is 5.10 Å². The zero-order valence-electron chi connectivity index (χ0n) is 8.01. The highest BCUT2D eigenvalue weighted by Crippen LogP contribution is 2.24. The molecule has 0 saturated heterocycles. The van der Waals surface area contributed by atoms with Gasteiger partial charge in [0.2, 0.25) is 0 Å². The minimum atomic E-state index is 0.484. The summed E-state index contributed by atoms with van der Waals surface area (Å²) < 4.78 is 0. The second-order valence-electron chi connectivity index (χ2n) is 3.52. The van der Waals surface area contributed by atoms with E-state index in [1.165, 1.54) is 10.8 Å². The standard InChI is InChI=1S/C12H9N3/c13-12-11-6-9-4-2-1-3-8(9)5-10(11)7-14-15-12/h1-7H,(H2,13,15). The van der Waals surface area contributed by atoms with Crippen molar-refractivity contribution < 1.29 is 0 Å². The molecule has 15 heavy (non-hydrogen) atoms. The van der Waals surface area contributed by atoms with Crippen LogP contribution >= 0.6 is 0 Å². The normalized spacial score (nSPS) is 10.9. The second kappa shape index (κ2) is 2.92. The molecule has 0 unspecified atom stereocenters. The lowest BCUT2D eigenvalue weighted by atomic mass is 10.1. The maximum atomic E-state index is 5.77. The van der Waals surface area contributed by atoms with Crippen molar-refractivity contribution in [3.63, 3.8) is 0 Å². The van der Waals surface area contributed by atoms with E-state index in [1.807, 2.05) is 12.1 Å². The number of nitrogens with two attached hydrogens (primary N) is 1. The summed E-state index contributed by atoms with van der Waals surface area (Å²) in [5.74, 6) is 0.484. The van der Waals surface area contributed by atoms with Crippen LogP contribution in [0.1, 0.15) is 0 Å². The molecule has 2 aromatic carbocycles. The highest BCUT2D eigenvalue weighted by molar-refractivity contribution is 6.01. The number of anilines is 1. The van der Waals surface area contributed by atoms with Gasteiger partial charge in [0.1, 0.15) is 0 Å². The lowest BCUT2D eigenvalue weighted by Gasteiger charge is -2.02. The number of nitrogens with zero attached hydrogens (tertiary/aromatic N) is 2. The van der Waals surface area contributed by atoms with Gasteiger partial charge < -0.3 is 5.73 Å². The molecule has 0 spiro atoms. The number of aromatic nitrogens is 2. The first kappa shape index (κ1) is 8.17. The van der Waals surface area contributed by atoms with Gasteiger partial charge in [-0.2, -0.15) is 5.10 Å². The number of hydrogen-bond acceptors (Lipinski definition) is 3. The predicted octanol–water partition coefficient (Wildman–Crippen LogP) is 2.37. The van der Waals surface area contributed by atoms with E-state index in [-0.39, 0.29) is 0 Å². The highest BCUT2D eigenvalue weighted by atomic mass is 15.1. The van der Waals surface area contributed by atoms with E-state index in [2.05, 4.69) is 34.5 Å². The second-order valence-corrected chi connectivity index (χ2v) is 3.52. The topological polar surface area (TPSA) is 51.8 Å². The van der Waals surface area contributed by atoms with Gasteiger partial charge in [0, 0.05) is 10.8 Å². The molecule has 0 aliphatic heterocycles. The molecule has 3 nitrogen and oxygen atoms in total. The van der Waals surface area contributed by atoms with Gasteiger partial charge in [0.25, 0.3) is 0 Å². The van der Waals surface area contributed by atoms with Crippen LogP contribution in [0, 0.1) is 0 Å². The number of hydrogen-bond donors (Lipinski definition) is 1. The van der Waals surface area contributed by atoms with Crippen molar-refractivity contribution in [2.75, 3.05) is 5.73 Å². The molecule has 3 aromatic rings. The summed E-state index contributed by atoms with van der Waals surface area (Å²) in [5, 5.41) is 12.0. The fourth-order valence-electron chi connectivity index (χ4n) is 1.79. The molecule has 0 amide bonds. The Morgan fingerprint density at radius 2 is 1.67 bits per heavy atom. The van der Waals surface area contributed by atoms with Crippen molar-refractivity contribution in [3.8, 4) is 0 Å². The Bertz CT molecular complexity index is 646. The first-order chi connectivity index (χ1) is 7.34. The van der Waals surface area contributed by atoms with Crippen LogP contribution in [-0.4, -0.2) is 10.2 Å². The maximum absolute atomic E-state index is 5.77. The number of benzene rings is 2. The van der Waals surface area contributed by atoms with E-state index in [9.17, 15) is 0 Å². The summed E-state index contributed by atoms with van der Waals surface area (Å²) >= 11 is 0. The van der Waals surface area contributed by atoms with Gasteiger partial charge in [-0.3, -0.25) is 0 Å². The Balaban J connectivity index is 2.53. The predicted molar refractivity (Wildman–Crippen MR) is 61.5 cm³/mol. The van der Waals surface area contributed by atoms with E-state index in [4.69, 9.17) is 5.73 Å².